The summed E-state index contributed by atoms with van der Waals surface area (Å²) in [6.07, 6.45) is 8.71. The fraction of sp³-hybridized carbons (Fsp3) is 0.645. The molecule has 10 nitrogen and oxygen atoms in total. The molecule has 232 valence electrons. The molecule has 2 aromatic heterocycles. The highest BCUT2D eigenvalue weighted by atomic mass is 32.1. The zero-order valence-electron chi connectivity index (χ0n) is 25.3. The van der Waals surface area contributed by atoms with Crippen LogP contribution in [0.4, 0.5) is 20.9 Å². The number of nitrogens with two attached hydrogens (primary N) is 3. The lowest BCUT2D eigenvalue weighted by Gasteiger charge is -2.41. The van der Waals surface area contributed by atoms with Crippen LogP contribution < -0.4 is 26.8 Å². The number of hydrogen-bond donors (Lipinski definition) is 3. The van der Waals surface area contributed by atoms with Crippen LogP contribution in [0.3, 0.4) is 0 Å². The van der Waals surface area contributed by atoms with E-state index in [0.29, 0.717) is 55.2 Å². The molecule has 2 saturated carbocycles. The molecule has 2 spiro atoms. The largest absolute Gasteiger partial charge is 0.474 e. The number of nitrogen functional groups attached to an aromatic ring is 2. The zero-order valence-corrected chi connectivity index (χ0v) is 26.1. The maximum absolute atomic E-state index is 16.2. The molecule has 12 heteroatoms. The number of ketones is 1. The summed E-state index contributed by atoms with van der Waals surface area (Å²) in [6.45, 7) is 3.45. The normalized spacial score (nSPS) is 28.5. The number of piperazine rings is 1. The lowest BCUT2D eigenvalue weighted by molar-refractivity contribution is -0.122. The Balaban J connectivity index is 1.28. The van der Waals surface area contributed by atoms with Crippen LogP contribution in [0.15, 0.2) is 5.57 Å². The van der Waals surface area contributed by atoms with Gasteiger partial charge < -0.3 is 31.7 Å². The van der Waals surface area contributed by atoms with E-state index in [1.165, 1.54) is 11.3 Å². The van der Waals surface area contributed by atoms with Crippen molar-refractivity contribution in [2.24, 2.45) is 5.73 Å². The second-order valence-electron chi connectivity index (χ2n) is 13.3. The summed E-state index contributed by atoms with van der Waals surface area (Å²) in [7, 11) is 4.20. The number of hydrogen-bond acceptors (Lipinski definition) is 11. The Morgan fingerprint density at radius 1 is 1.07 bits per heavy atom. The van der Waals surface area contributed by atoms with Gasteiger partial charge in [0, 0.05) is 47.2 Å². The van der Waals surface area contributed by atoms with E-state index in [1.807, 2.05) is 4.90 Å². The molecule has 0 unspecified atom stereocenters. The van der Waals surface area contributed by atoms with E-state index in [4.69, 9.17) is 26.9 Å². The third-order valence-electron chi connectivity index (χ3n) is 10.9. The Hall–Kier alpha value is -2.96. The first kappa shape index (κ1) is 28.8. The summed E-state index contributed by atoms with van der Waals surface area (Å²) in [5, 5.41) is 0.574. The number of carbonyl (C=O) groups is 1. The van der Waals surface area contributed by atoms with Crippen molar-refractivity contribution in [3.8, 4) is 5.88 Å². The lowest BCUT2D eigenvalue weighted by Crippen LogP contribution is -2.53. The van der Waals surface area contributed by atoms with Crippen LogP contribution in [-0.2, 0) is 16.6 Å². The summed E-state index contributed by atoms with van der Waals surface area (Å²) in [5.41, 5.74) is 21.0. The number of halogens is 1. The number of likely N-dealkylation sites (N-methyl/N-ethyl adjacent to an activating group) is 2. The number of allylic oxidation sites excluding steroid dienone is 1. The van der Waals surface area contributed by atoms with E-state index in [-0.39, 0.29) is 40.6 Å². The molecule has 0 aromatic carbocycles. The van der Waals surface area contributed by atoms with Crippen molar-refractivity contribution in [3.05, 3.63) is 27.7 Å². The van der Waals surface area contributed by atoms with Gasteiger partial charge in [-0.2, -0.15) is 9.37 Å². The molecule has 4 heterocycles. The highest BCUT2D eigenvalue weighted by Crippen LogP contribution is 2.53. The number of thiophene rings is 1. The van der Waals surface area contributed by atoms with Crippen molar-refractivity contribution in [3.63, 3.8) is 0 Å². The van der Waals surface area contributed by atoms with Gasteiger partial charge in [-0.05, 0) is 84.8 Å². The molecule has 5 aliphatic rings. The van der Waals surface area contributed by atoms with Gasteiger partial charge in [0.1, 0.15) is 11.6 Å². The number of Topliss-reactive ketones (excluding diaryl/α,β-unsaturated/α-hetero) is 1. The highest BCUT2D eigenvalue weighted by molar-refractivity contribution is 7.16. The second kappa shape index (κ2) is 10.6. The number of nitrogens with zero attached hydrogens (tertiary/aromatic N) is 5. The van der Waals surface area contributed by atoms with Gasteiger partial charge in [-0.1, -0.05) is 0 Å². The first-order valence-corrected chi connectivity index (χ1v) is 16.5. The average Bonchev–Trinajstić information content (AvgIpc) is 3.55. The Bertz CT molecular complexity index is 1490. The van der Waals surface area contributed by atoms with Crippen molar-refractivity contribution in [2.75, 3.05) is 63.2 Å². The standard InChI is InChI=1S/C31H43FN8O2S/c1-38-13-5-6-18(38)16-42-29-22(32)28(40-15-14-39(2)30(17-40)11-12-30)36-27(37-29)23(33)19-7-3-9-31(25(19)41)10-4-8-20-21(31)24(34)26(35)43-20/h18H,3-17,33-35H2,1-2H3/b23-19-/t18-,31-/m0/s1. The third-order valence-corrected chi connectivity index (χ3v) is 11.9. The van der Waals surface area contributed by atoms with E-state index in [2.05, 4.69) is 28.9 Å². The Morgan fingerprint density at radius 3 is 2.56 bits per heavy atom. The van der Waals surface area contributed by atoms with Gasteiger partial charge in [-0.15, -0.1) is 11.3 Å². The van der Waals surface area contributed by atoms with Gasteiger partial charge >= 0.3 is 0 Å². The number of rotatable bonds is 5. The first-order chi connectivity index (χ1) is 20.6. The van der Waals surface area contributed by atoms with Crippen molar-refractivity contribution in [1.82, 2.24) is 19.8 Å². The molecule has 2 saturated heterocycles. The quantitative estimate of drug-likeness (QED) is 0.432. The first-order valence-electron chi connectivity index (χ1n) is 15.7. The molecule has 7 rings (SSSR count). The molecule has 2 atom stereocenters. The van der Waals surface area contributed by atoms with Crippen molar-refractivity contribution < 1.29 is 13.9 Å². The summed E-state index contributed by atoms with van der Waals surface area (Å²) < 4.78 is 22.3. The van der Waals surface area contributed by atoms with Gasteiger partial charge in [0.05, 0.1) is 16.8 Å². The maximum atomic E-state index is 16.2. The summed E-state index contributed by atoms with van der Waals surface area (Å²) >= 11 is 1.49. The van der Waals surface area contributed by atoms with Crippen molar-refractivity contribution in [2.45, 2.75) is 81.2 Å². The van der Waals surface area contributed by atoms with Crippen LogP contribution in [0.1, 0.15) is 74.1 Å². The van der Waals surface area contributed by atoms with Crippen LogP contribution in [-0.4, -0.2) is 84.0 Å². The van der Waals surface area contributed by atoms with Crippen LogP contribution in [0.5, 0.6) is 5.88 Å². The van der Waals surface area contributed by atoms with Gasteiger partial charge in [-0.25, -0.2) is 4.98 Å². The van der Waals surface area contributed by atoms with Gasteiger partial charge in [-0.3, -0.25) is 9.69 Å². The van der Waals surface area contributed by atoms with E-state index in [0.717, 1.165) is 68.5 Å². The average molecular weight is 611 g/mol. The Kier molecular flexibility index (Phi) is 7.09. The zero-order chi connectivity index (χ0) is 30.1. The number of anilines is 3. The number of ether oxygens (including phenoxy) is 1. The van der Waals surface area contributed by atoms with E-state index < -0.39 is 11.2 Å². The number of aryl methyl sites for hydroxylation is 1. The molecule has 6 N–H and O–H groups in total. The van der Waals surface area contributed by atoms with E-state index >= 15 is 4.39 Å². The Labute approximate surface area is 256 Å². The minimum Gasteiger partial charge on any atom is -0.474 e. The minimum absolute atomic E-state index is 0.0252. The maximum Gasteiger partial charge on any atom is 0.256 e. The Morgan fingerprint density at radius 2 is 1.84 bits per heavy atom. The summed E-state index contributed by atoms with van der Waals surface area (Å²) in [4.78, 5) is 31.4. The van der Waals surface area contributed by atoms with Gasteiger partial charge in [0.25, 0.3) is 5.88 Å². The minimum atomic E-state index is -0.741. The lowest BCUT2D eigenvalue weighted by atomic mass is 9.61. The van der Waals surface area contributed by atoms with Crippen LogP contribution in [0, 0.1) is 5.82 Å². The van der Waals surface area contributed by atoms with Gasteiger partial charge in [0.2, 0.25) is 5.82 Å². The van der Waals surface area contributed by atoms with Crippen molar-refractivity contribution >= 4 is 39.3 Å². The molecular weight excluding hydrogens is 567 g/mol. The topological polar surface area (TPSA) is 140 Å². The summed E-state index contributed by atoms with van der Waals surface area (Å²) in [5.74, 6) is -0.324. The van der Waals surface area contributed by atoms with E-state index in [1.54, 1.807) is 0 Å². The van der Waals surface area contributed by atoms with Crippen LogP contribution >= 0.6 is 11.3 Å². The van der Waals surface area contributed by atoms with Gasteiger partial charge in [0.15, 0.2) is 17.4 Å². The number of carbonyl (C=O) groups excluding carboxylic acids is 1. The fourth-order valence-corrected chi connectivity index (χ4v) is 9.11. The fourth-order valence-electron chi connectivity index (χ4n) is 7.97. The SMILES string of the molecule is CN1CCC[C@H]1COc1nc(/C(N)=C2\CCC[C@@]3(CCCc4sc(N)c(N)c43)C2=O)nc(N2CCN(C)C3(CC3)C2)c1F. The second-order valence-corrected chi connectivity index (χ2v) is 14.5. The highest BCUT2D eigenvalue weighted by Gasteiger charge is 2.51. The smallest absolute Gasteiger partial charge is 0.256 e. The summed E-state index contributed by atoms with van der Waals surface area (Å²) in [6, 6.07) is 0.194. The number of fused-ring (bicyclic) bond motifs is 2. The molecule has 2 aromatic rings. The molecule has 0 bridgehead atoms. The molecule has 2 aliphatic heterocycles. The third kappa shape index (κ3) is 4.67. The molecule has 0 amide bonds. The van der Waals surface area contributed by atoms with Crippen molar-refractivity contribution in [1.29, 1.82) is 0 Å². The predicted octanol–water partition coefficient (Wildman–Crippen LogP) is 3.30. The predicted molar refractivity (Wildman–Crippen MR) is 168 cm³/mol. The molecule has 3 aliphatic carbocycles. The molecule has 43 heavy (non-hydrogen) atoms. The molecule has 0 radical (unpaired) electrons. The van der Waals surface area contributed by atoms with Crippen LogP contribution in [0.2, 0.25) is 0 Å². The number of likely N-dealkylation sites (tertiary alicyclic amines) is 1. The molecule has 4 fully saturated rings. The monoisotopic (exact) mass is 610 g/mol. The van der Waals surface area contributed by atoms with Crippen LogP contribution in [0.25, 0.3) is 5.70 Å². The van der Waals surface area contributed by atoms with E-state index in [9.17, 15) is 4.79 Å². The molecular formula is C31H43FN8O2S. The number of aromatic nitrogens is 2.